The van der Waals surface area contributed by atoms with Crippen LogP contribution >= 0.6 is 0 Å². The Kier molecular flexibility index (Phi) is 10.2. The Hall–Kier alpha value is -0.900. The fourth-order valence-electron chi connectivity index (χ4n) is 3.23. The molecule has 3 nitrogen and oxygen atoms in total. The van der Waals surface area contributed by atoms with Crippen molar-refractivity contribution in [3.05, 3.63) is 35.9 Å². The summed E-state index contributed by atoms with van der Waals surface area (Å²) in [4.78, 5) is 0. The van der Waals surface area contributed by atoms with Crippen LogP contribution in [0.4, 0.5) is 0 Å². The van der Waals surface area contributed by atoms with E-state index >= 15 is 0 Å². The first kappa shape index (κ1) is 20.1. The lowest BCUT2D eigenvalue weighted by Crippen LogP contribution is -2.44. The number of aryl methyl sites for hydroxylation is 1. The van der Waals surface area contributed by atoms with Crippen LogP contribution in [0.1, 0.15) is 57.4 Å². The molecule has 0 heterocycles. The Bertz CT molecular complexity index is 379. The minimum Gasteiger partial charge on any atom is -0.331 e. The summed E-state index contributed by atoms with van der Waals surface area (Å²) in [6.07, 6.45) is 9.42. The Labute approximate surface area is 142 Å². The molecule has 0 N–H and O–H groups in total. The van der Waals surface area contributed by atoms with Crippen LogP contribution < -0.4 is 0 Å². The van der Waals surface area contributed by atoms with E-state index in [9.17, 15) is 0 Å². The summed E-state index contributed by atoms with van der Waals surface area (Å²) in [5.41, 5.74) is 1.35. The van der Waals surface area contributed by atoms with Gasteiger partial charge in [-0.2, -0.15) is 0 Å². The number of hydrogen-bond donors (Lipinski definition) is 0. The maximum atomic E-state index is 5.62. The lowest BCUT2D eigenvalue weighted by molar-refractivity contribution is -0.380. The molecule has 0 aliphatic rings. The third-order valence-corrected chi connectivity index (χ3v) is 4.63. The molecule has 3 heteroatoms. The van der Waals surface area contributed by atoms with Crippen LogP contribution in [-0.2, 0) is 20.6 Å². The van der Waals surface area contributed by atoms with Crippen molar-refractivity contribution in [2.24, 2.45) is 5.92 Å². The van der Waals surface area contributed by atoms with E-state index < -0.39 is 5.97 Å². The van der Waals surface area contributed by atoms with Gasteiger partial charge in [0.05, 0.1) is 0 Å². The van der Waals surface area contributed by atoms with Crippen LogP contribution in [0.2, 0.25) is 0 Å². The van der Waals surface area contributed by atoms with Crippen LogP contribution in [0.15, 0.2) is 30.3 Å². The first-order chi connectivity index (χ1) is 11.2. The molecule has 0 aromatic heterocycles. The van der Waals surface area contributed by atoms with Crippen molar-refractivity contribution < 1.29 is 14.2 Å². The predicted octanol–water partition coefficient (Wildman–Crippen LogP) is 5.19. The smallest absolute Gasteiger partial charge is 0.285 e. The minimum absolute atomic E-state index is 0.226. The Balaban J connectivity index is 2.63. The van der Waals surface area contributed by atoms with Crippen molar-refractivity contribution in [3.8, 4) is 0 Å². The van der Waals surface area contributed by atoms with Gasteiger partial charge in [0.25, 0.3) is 5.97 Å². The zero-order chi connectivity index (χ0) is 17.0. The zero-order valence-corrected chi connectivity index (χ0v) is 15.3. The maximum Gasteiger partial charge on any atom is 0.285 e. The first-order valence-electron chi connectivity index (χ1n) is 8.91. The summed E-state index contributed by atoms with van der Waals surface area (Å²) < 4.78 is 16.9. The summed E-state index contributed by atoms with van der Waals surface area (Å²) in [5, 5.41) is 0. The molecule has 1 aromatic carbocycles. The monoisotopic (exact) mass is 322 g/mol. The van der Waals surface area contributed by atoms with E-state index in [1.807, 2.05) is 0 Å². The van der Waals surface area contributed by atoms with Crippen LogP contribution in [0.25, 0.3) is 0 Å². The van der Waals surface area contributed by atoms with Gasteiger partial charge in [0.1, 0.15) is 0 Å². The van der Waals surface area contributed by atoms with Crippen molar-refractivity contribution in [1.29, 1.82) is 0 Å². The van der Waals surface area contributed by atoms with Crippen LogP contribution in [0.5, 0.6) is 0 Å². The van der Waals surface area contributed by atoms with Crippen molar-refractivity contribution in [1.82, 2.24) is 0 Å². The molecular formula is C20H34O3. The number of unbranched alkanes of at least 4 members (excludes halogenated alkanes) is 4. The van der Waals surface area contributed by atoms with Crippen molar-refractivity contribution in [3.63, 3.8) is 0 Å². The van der Waals surface area contributed by atoms with Crippen LogP contribution in [-0.4, -0.2) is 27.3 Å². The summed E-state index contributed by atoms with van der Waals surface area (Å²) in [6, 6.07) is 10.6. The van der Waals surface area contributed by atoms with E-state index in [1.54, 1.807) is 21.3 Å². The highest BCUT2D eigenvalue weighted by atomic mass is 16.9. The summed E-state index contributed by atoms with van der Waals surface area (Å²) in [5.74, 6) is -0.705. The summed E-state index contributed by atoms with van der Waals surface area (Å²) in [7, 11) is 5.00. The van der Waals surface area contributed by atoms with Gasteiger partial charge in [-0.25, -0.2) is 0 Å². The predicted molar refractivity (Wildman–Crippen MR) is 95.4 cm³/mol. The van der Waals surface area contributed by atoms with Gasteiger partial charge in [0.2, 0.25) is 0 Å². The molecule has 132 valence electrons. The fourth-order valence-corrected chi connectivity index (χ4v) is 3.23. The SMILES string of the molecule is CCCCCCCC(CCc1ccccc1)C(OC)(OC)OC. The third-order valence-electron chi connectivity index (χ3n) is 4.63. The van der Waals surface area contributed by atoms with Crippen molar-refractivity contribution >= 4 is 0 Å². The maximum absolute atomic E-state index is 5.62. The second-order valence-electron chi connectivity index (χ2n) is 6.14. The number of rotatable bonds is 13. The average molecular weight is 322 g/mol. The molecule has 0 spiro atoms. The van der Waals surface area contributed by atoms with Gasteiger partial charge in [0.15, 0.2) is 0 Å². The highest BCUT2D eigenvalue weighted by Gasteiger charge is 2.39. The quantitative estimate of drug-likeness (QED) is 0.369. The summed E-state index contributed by atoms with van der Waals surface area (Å²) >= 11 is 0. The van der Waals surface area contributed by atoms with Crippen LogP contribution in [0.3, 0.4) is 0 Å². The highest BCUT2D eigenvalue weighted by Crippen LogP contribution is 2.32. The Morgan fingerprint density at radius 1 is 0.826 bits per heavy atom. The molecule has 0 saturated carbocycles. The summed E-state index contributed by atoms with van der Waals surface area (Å²) in [6.45, 7) is 2.24. The highest BCUT2D eigenvalue weighted by molar-refractivity contribution is 5.14. The van der Waals surface area contributed by atoms with Crippen molar-refractivity contribution in [2.45, 2.75) is 64.3 Å². The van der Waals surface area contributed by atoms with Gasteiger partial charge in [-0.05, 0) is 24.8 Å². The molecular weight excluding hydrogens is 288 g/mol. The molecule has 0 fully saturated rings. The lowest BCUT2D eigenvalue weighted by atomic mass is 9.91. The average Bonchev–Trinajstić information content (AvgIpc) is 2.61. The zero-order valence-electron chi connectivity index (χ0n) is 15.3. The van der Waals surface area contributed by atoms with Gasteiger partial charge in [0, 0.05) is 27.2 Å². The molecule has 0 radical (unpaired) electrons. The molecule has 23 heavy (non-hydrogen) atoms. The molecule has 0 amide bonds. The molecule has 0 bridgehead atoms. The number of methoxy groups -OCH3 is 3. The van der Waals surface area contributed by atoms with Gasteiger partial charge < -0.3 is 14.2 Å². The lowest BCUT2D eigenvalue weighted by Gasteiger charge is -2.36. The van der Waals surface area contributed by atoms with E-state index in [2.05, 4.69) is 37.3 Å². The second kappa shape index (κ2) is 11.6. The standard InChI is InChI=1S/C20H34O3/c1-5-6-7-8-12-15-19(20(21-2,22-3)23-4)17-16-18-13-10-9-11-14-18/h9-11,13-14,19H,5-8,12,15-17H2,1-4H3. The molecule has 1 unspecified atom stereocenters. The second-order valence-corrected chi connectivity index (χ2v) is 6.14. The van der Waals surface area contributed by atoms with E-state index in [1.165, 1.54) is 37.7 Å². The molecule has 1 rings (SSSR count). The van der Waals surface area contributed by atoms with E-state index in [0.717, 1.165) is 19.3 Å². The number of hydrogen-bond acceptors (Lipinski definition) is 3. The van der Waals surface area contributed by atoms with Gasteiger partial charge in [-0.15, -0.1) is 0 Å². The van der Waals surface area contributed by atoms with Gasteiger partial charge in [-0.1, -0.05) is 69.4 Å². The van der Waals surface area contributed by atoms with Crippen molar-refractivity contribution in [2.75, 3.05) is 21.3 Å². The van der Waals surface area contributed by atoms with Gasteiger partial charge >= 0.3 is 0 Å². The topological polar surface area (TPSA) is 27.7 Å². The largest absolute Gasteiger partial charge is 0.331 e. The molecule has 1 atom stereocenters. The normalized spacial score (nSPS) is 13.2. The molecule has 0 saturated heterocycles. The number of ether oxygens (including phenoxy) is 3. The number of benzene rings is 1. The Morgan fingerprint density at radius 3 is 2.00 bits per heavy atom. The Morgan fingerprint density at radius 2 is 1.43 bits per heavy atom. The molecule has 0 aliphatic carbocycles. The van der Waals surface area contributed by atoms with E-state index in [-0.39, 0.29) is 5.92 Å². The van der Waals surface area contributed by atoms with Gasteiger partial charge in [-0.3, -0.25) is 0 Å². The molecule has 1 aromatic rings. The fraction of sp³-hybridized carbons (Fsp3) is 0.700. The third kappa shape index (κ3) is 6.62. The van der Waals surface area contributed by atoms with E-state index in [4.69, 9.17) is 14.2 Å². The molecule has 0 aliphatic heterocycles. The van der Waals surface area contributed by atoms with Crippen LogP contribution in [0, 0.1) is 5.92 Å². The first-order valence-corrected chi connectivity index (χ1v) is 8.91. The van der Waals surface area contributed by atoms with E-state index in [0.29, 0.717) is 0 Å². The minimum atomic E-state index is -0.931.